The third kappa shape index (κ3) is 4.06. The molecule has 1 N–H and O–H groups in total. The second-order valence-electron chi connectivity index (χ2n) is 4.16. The fourth-order valence-corrected chi connectivity index (χ4v) is 2.81. The molecule has 19 heavy (non-hydrogen) atoms. The van der Waals surface area contributed by atoms with Crippen molar-refractivity contribution < 1.29 is 9.53 Å². The van der Waals surface area contributed by atoms with Crippen LogP contribution in [-0.4, -0.2) is 25.2 Å². The number of nitriles is 1. The van der Waals surface area contributed by atoms with E-state index in [4.69, 9.17) is 21.6 Å². The normalized spacial score (nSPS) is 19.2. The molecule has 0 aliphatic carbocycles. The average molecular weight is 297 g/mol. The van der Waals surface area contributed by atoms with E-state index in [1.807, 2.05) is 6.07 Å². The second-order valence-corrected chi connectivity index (χ2v) is 5.90. The number of hydrogen-bond donors (Lipinski definition) is 1. The molecule has 0 radical (unpaired) electrons. The van der Waals surface area contributed by atoms with Crippen molar-refractivity contribution in [3.8, 4) is 6.07 Å². The summed E-state index contributed by atoms with van der Waals surface area (Å²) in [6.45, 7) is 1.19. The summed E-state index contributed by atoms with van der Waals surface area (Å²) in [6, 6.07) is 5.42. The van der Waals surface area contributed by atoms with Gasteiger partial charge in [0.25, 0.3) is 5.91 Å². The molecular weight excluding hydrogens is 284 g/mol. The molecule has 1 aromatic heterocycles. The van der Waals surface area contributed by atoms with Gasteiger partial charge in [0.1, 0.15) is 11.6 Å². The zero-order valence-electron chi connectivity index (χ0n) is 10.2. The van der Waals surface area contributed by atoms with Crippen LogP contribution in [0.25, 0.3) is 6.08 Å². The number of hydrogen-bond acceptors (Lipinski definition) is 4. The molecule has 1 aliphatic rings. The van der Waals surface area contributed by atoms with Gasteiger partial charge in [0.2, 0.25) is 0 Å². The predicted molar refractivity (Wildman–Crippen MR) is 74.9 cm³/mol. The first-order valence-corrected chi connectivity index (χ1v) is 7.15. The Morgan fingerprint density at radius 3 is 3.11 bits per heavy atom. The number of carbonyl (C=O) groups is 1. The van der Waals surface area contributed by atoms with Gasteiger partial charge in [-0.2, -0.15) is 5.26 Å². The van der Waals surface area contributed by atoms with Crippen molar-refractivity contribution in [1.82, 2.24) is 5.32 Å². The lowest BCUT2D eigenvalue weighted by molar-refractivity contribution is -0.117. The van der Waals surface area contributed by atoms with Crippen molar-refractivity contribution in [1.29, 1.82) is 5.26 Å². The number of amides is 1. The van der Waals surface area contributed by atoms with E-state index in [1.54, 1.807) is 18.2 Å². The first-order valence-electron chi connectivity index (χ1n) is 5.96. The van der Waals surface area contributed by atoms with E-state index in [9.17, 15) is 4.79 Å². The number of rotatable bonds is 4. The van der Waals surface area contributed by atoms with E-state index in [0.717, 1.165) is 24.3 Å². The van der Waals surface area contributed by atoms with Crippen LogP contribution < -0.4 is 5.32 Å². The third-order valence-corrected chi connectivity index (χ3v) is 3.94. The monoisotopic (exact) mass is 296 g/mol. The minimum Gasteiger partial charge on any atom is -0.376 e. The maximum Gasteiger partial charge on any atom is 0.262 e. The average Bonchev–Trinajstić information content (AvgIpc) is 3.04. The van der Waals surface area contributed by atoms with Gasteiger partial charge in [0.15, 0.2) is 0 Å². The van der Waals surface area contributed by atoms with Crippen LogP contribution in [-0.2, 0) is 9.53 Å². The minimum atomic E-state index is -0.373. The molecule has 1 atom stereocenters. The Morgan fingerprint density at radius 2 is 2.53 bits per heavy atom. The molecule has 100 valence electrons. The lowest BCUT2D eigenvalue weighted by atomic mass is 10.2. The van der Waals surface area contributed by atoms with E-state index in [0.29, 0.717) is 10.9 Å². The summed E-state index contributed by atoms with van der Waals surface area (Å²) in [5.74, 6) is -0.373. The highest BCUT2D eigenvalue weighted by Crippen LogP contribution is 2.23. The standard InChI is InChI=1S/C13H13ClN2O2S/c14-12-4-3-11(19-12)6-9(7-15)13(17)16-8-10-2-1-5-18-10/h3-4,6,10H,1-2,5,8H2,(H,16,17)/b9-6+/t10-/m0/s1. The number of thiophene rings is 1. The molecule has 1 aromatic rings. The topological polar surface area (TPSA) is 62.1 Å². The van der Waals surface area contributed by atoms with Gasteiger partial charge in [-0.05, 0) is 31.1 Å². The molecule has 0 spiro atoms. The van der Waals surface area contributed by atoms with Gasteiger partial charge in [0, 0.05) is 18.0 Å². The summed E-state index contributed by atoms with van der Waals surface area (Å²) in [5, 5.41) is 11.7. The Morgan fingerprint density at radius 1 is 1.68 bits per heavy atom. The van der Waals surface area contributed by atoms with Gasteiger partial charge in [-0.25, -0.2) is 0 Å². The maximum atomic E-state index is 11.9. The molecule has 6 heteroatoms. The molecule has 0 saturated carbocycles. The van der Waals surface area contributed by atoms with E-state index < -0.39 is 0 Å². The lowest BCUT2D eigenvalue weighted by Gasteiger charge is -2.09. The highest BCUT2D eigenvalue weighted by atomic mass is 35.5. The Balaban J connectivity index is 1.95. The smallest absolute Gasteiger partial charge is 0.262 e. The molecule has 1 amide bonds. The van der Waals surface area contributed by atoms with E-state index in [1.165, 1.54) is 11.3 Å². The van der Waals surface area contributed by atoms with Crippen LogP contribution in [0.2, 0.25) is 4.34 Å². The molecule has 1 fully saturated rings. The van der Waals surface area contributed by atoms with Gasteiger partial charge >= 0.3 is 0 Å². The first kappa shape index (κ1) is 14.1. The van der Waals surface area contributed by atoms with Crippen LogP contribution in [0.1, 0.15) is 17.7 Å². The molecule has 0 bridgehead atoms. The predicted octanol–water partition coefficient (Wildman–Crippen LogP) is 2.60. The van der Waals surface area contributed by atoms with Crippen molar-refractivity contribution in [3.05, 3.63) is 26.9 Å². The van der Waals surface area contributed by atoms with E-state index in [-0.39, 0.29) is 17.6 Å². The van der Waals surface area contributed by atoms with Crippen molar-refractivity contribution >= 4 is 34.9 Å². The van der Waals surface area contributed by atoms with E-state index >= 15 is 0 Å². The largest absolute Gasteiger partial charge is 0.376 e. The van der Waals surface area contributed by atoms with Gasteiger partial charge < -0.3 is 10.1 Å². The Bertz CT molecular complexity index is 527. The number of nitrogens with one attached hydrogen (secondary N) is 1. The zero-order chi connectivity index (χ0) is 13.7. The number of halogens is 1. The molecule has 1 saturated heterocycles. The van der Waals surface area contributed by atoms with Crippen molar-refractivity contribution in [2.75, 3.05) is 13.2 Å². The summed E-state index contributed by atoms with van der Waals surface area (Å²) < 4.78 is 6.03. The molecule has 0 aromatic carbocycles. The fourth-order valence-electron chi connectivity index (χ4n) is 1.80. The molecule has 0 unspecified atom stereocenters. The zero-order valence-corrected chi connectivity index (χ0v) is 11.8. The molecule has 1 aliphatic heterocycles. The van der Waals surface area contributed by atoms with Crippen LogP contribution in [0.4, 0.5) is 0 Å². The Kier molecular flexibility index (Phi) is 4.97. The fraction of sp³-hybridized carbons (Fsp3) is 0.385. The lowest BCUT2D eigenvalue weighted by Crippen LogP contribution is -2.32. The number of carbonyl (C=O) groups excluding carboxylic acids is 1. The molecule has 4 nitrogen and oxygen atoms in total. The summed E-state index contributed by atoms with van der Waals surface area (Å²) in [4.78, 5) is 12.6. The van der Waals surface area contributed by atoms with E-state index in [2.05, 4.69) is 5.32 Å². The van der Waals surface area contributed by atoms with Crippen LogP contribution in [0.15, 0.2) is 17.7 Å². The third-order valence-electron chi connectivity index (χ3n) is 2.76. The van der Waals surface area contributed by atoms with Crippen molar-refractivity contribution in [3.63, 3.8) is 0 Å². The minimum absolute atomic E-state index is 0.0695. The molecule has 2 rings (SSSR count). The Labute approximate surface area is 120 Å². The van der Waals surface area contributed by atoms with Gasteiger partial charge in [-0.1, -0.05) is 11.6 Å². The van der Waals surface area contributed by atoms with Gasteiger partial charge in [0.05, 0.1) is 10.4 Å². The quantitative estimate of drug-likeness (QED) is 0.686. The SMILES string of the molecule is N#C/C(=C\c1ccc(Cl)s1)C(=O)NC[C@@H]1CCCO1. The Hall–Kier alpha value is -1.35. The molecule has 2 heterocycles. The number of nitrogens with zero attached hydrogens (tertiary/aromatic N) is 1. The van der Waals surface area contributed by atoms with Crippen LogP contribution in [0, 0.1) is 11.3 Å². The van der Waals surface area contributed by atoms with Crippen molar-refractivity contribution in [2.45, 2.75) is 18.9 Å². The highest BCUT2D eigenvalue weighted by Gasteiger charge is 2.17. The maximum absolute atomic E-state index is 11.9. The molecular formula is C13H13ClN2O2S. The van der Waals surface area contributed by atoms with Crippen LogP contribution in [0.3, 0.4) is 0 Å². The summed E-state index contributed by atoms with van der Waals surface area (Å²) in [5.41, 5.74) is 0.0801. The first-order chi connectivity index (χ1) is 9.19. The summed E-state index contributed by atoms with van der Waals surface area (Å²) in [7, 11) is 0. The summed E-state index contributed by atoms with van der Waals surface area (Å²) in [6.07, 6.45) is 3.59. The van der Waals surface area contributed by atoms with Crippen molar-refractivity contribution in [2.24, 2.45) is 0 Å². The second kappa shape index (κ2) is 6.71. The van der Waals surface area contributed by atoms with Crippen LogP contribution in [0.5, 0.6) is 0 Å². The highest BCUT2D eigenvalue weighted by molar-refractivity contribution is 7.17. The summed E-state index contributed by atoms with van der Waals surface area (Å²) >= 11 is 7.13. The van der Waals surface area contributed by atoms with Gasteiger partial charge in [-0.3, -0.25) is 4.79 Å². The van der Waals surface area contributed by atoms with Gasteiger partial charge in [-0.15, -0.1) is 11.3 Å². The number of ether oxygens (including phenoxy) is 1. The van der Waals surface area contributed by atoms with Crippen LogP contribution >= 0.6 is 22.9 Å².